The molecule has 0 bridgehead atoms. The van der Waals surface area contributed by atoms with Crippen molar-refractivity contribution in [2.45, 2.75) is 24.8 Å². The Hall–Kier alpha value is -1.25. The topological polar surface area (TPSA) is 20.2 Å². The molecule has 0 amide bonds. The molecule has 0 saturated heterocycles. The van der Waals surface area contributed by atoms with Gasteiger partial charge in [0.1, 0.15) is 0 Å². The lowest BCUT2D eigenvalue weighted by Crippen LogP contribution is -2.02. The predicted molar refractivity (Wildman–Crippen MR) is 78.0 cm³/mol. The van der Waals surface area contributed by atoms with Crippen LogP contribution in [0.1, 0.15) is 22.8 Å². The van der Waals surface area contributed by atoms with Crippen LogP contribution in [0.5, 0.6) is 0 Å². The van der Waals surface area contributed by atoms with E-state index >= 15 is 0 Å². The third-order valence-electron chi connectivity index (χ3n) is 3.04. The number of rotatable bonds is 4. The molecule has 0 aliphatic heterocycles. The summed E-state index contributed by atoms with van der Waals surface area (Å²) >= 11 is 1.71. The van der Waals surface area contributed by atoms with Crippen LogP contribution in [0.3, 0.4) is 0 Å². The summed E-state index contributed by atoms with van der Waals surface area (Å²) in [6.45, 7) is 4.14. The Morgan fingerprint density at radius 3 is 2.22 bits per heavy atom. The lowest BCUT2D eigenvalue weighted by atomic mass is 10.1. The van der Waals surface area contributed by atoms with Crippen molar-refractivity contribution in [3.8, 4) is 0 Å². The first kappa shape index (κ1) is 13.2. The number of aliphatic hydroxyl groups is 1. The number of hydrogen-bond donors (Lipinski definition) is 1. The molecule has 94 valence electrons. The lowest BCUT2D eigenvalue weighted by molar-refractivity contribution is 0.203. The van der Waals surface area contributed by atoms with Gasteiger partial charge >= 0.3 is 0 Å². The van der Waals surface area contributed by atoms with Crippen LogP contribution < -0.4 is 0 Å². The van der Waals surface area contributed by atoms with Gasteiger partial charge in [-0.25, -0.2) is 0 Å². The van der Waals surface area contributed by atoms with Gasteiger partial charge in [0.15, 0.2) is 0 Å². The minimum atomic E-state index is -0.407. The van der Waals surface area contributed by atoms with E-state index in [1.165, 1.54) is 10.5 Å². The summed E-state index contributed by atoms with van der Waals surface area (Å²) in [6.07, 6.45) is -0.407. The Balaban J connectivity index is 2.03. The van der Waals surface area contributed by atoms with Crippen LogP contribution in [-0.2, 0) is 0 Å². The highest BCUT2D eigenvalue weighted by Crippen LogP contribution is 2.28. The highest BCUT2D eigenvalue weighted by Gasteiger charge is 2.10. The van der Waals surface area contributed by atoms with Crippen LogP contribution in [0.2, 0.25) is 0 Å². The third-order valence-corrected chi connectivity index (χ3v) is 4.29. The van der Waals surface area contributed by atoms with E-state index in [0.717, 1.165) is 11.1 Å². The summed E-state index contributed by atoms with van der Waals surface area (Å²) in [5.41, 5.74) is 3.44. The number of benzene rings is 2. The van der Waals surface area contributed by atoms with E-state index in [4.69, 9.17) is 0 Å². The molecule has 18 heavy (non-hydrogen) atoms. The molecule has 0 radical (unpaired) electrons. The van der Waals surface area contributed by atoms with Crippen molar-refractivity contribution in [1.29, 1.82) is 0 Å². The summed E-state index contributed by atoms with van der Waals surface area (Å²) in [6, 6.07) is 16.3. The van der Waals surface area contributed by atoms with Gasteiger partial charge in [-0.05, 0) is 36.6 Å². The monoisotopic (exact) mass is 258 g/mol. The predicted octanol–water partition coefficient (Wildman–Crippen LogP) is 4.13. The Bertz CT molecular complexity index is 522. The fourth-order valence-electron chi connectivity index (χ4n) is 1.94. The molecule has 2 aromatic rings. The summed E-state index contributed by atoms with van der Waals surface area (Å²) in [7, 11) is 0. The molecule has 0 heterocycles. The fraction of sp³-hybridized carbons (Fsp3) is 0.250. The highest BCUT2D eigenvalue weighted by molar-refractivity contribution is 7.99. The number of aliphatic hydroxyl groups excluding tert-OH is 1. The van der Waals surface area contributed by atoms with Crippen molar-refractivity contribution in [3.63, 3.8) is 0 Å². The van der Waals surface area contributed by atoms with Gasteiger partial charge in [-0.15, -0.1) is 11.8 Å². The van der Waals surface area contributed by atoms with E-state index in [9.17, 15) is 5.11 Å². The van der Waals surface area contributed by atoms with Crippen molar-refractivity contribution in [2.24, 2.45) is 0 Å². The van der Waals surface area contributed by atoms with E-state index in [1.54, 1.807) is 11.8 Å². The summed E-state index contributed by atoms with van der Waals surface area (Å²) in [5, 5.41) is 10.2. The smallest absolute Gasteiger partial charge is 0.0886 e. The quantitative estimate of drug-likeness (QED) is 0.832. The van der Waals surface area contributed by atoms with E-state index in [-0.39, 0.29) is 0 Å². The van der Waals surface area contributed by atoms with Gasteiger partial charge < -0.3 is 5.11 Å². The molecule has 2 aromatic carbocycles. The molecular formula is C16H18OS. The second-order valence-electron chi connectivity index (χ2n) is 4.45. The van der Waals surface area contributed by atoms with Gasteiger partial charge in [0, 0.05) is 10.6 Å². The SMILES string of the molecule is Cc1ccccc1SCC(O)c1ccccc1C. The Kier molecular flexibility index (Phi) is 4.45. The zero-order chi connectivity index (χ0) is 13.0. The van der Waals surface area contributed by atoms with Crippen LogP contribution in [0.25, 0.3) is 0 Å². The summed E-state index contributed by atoms with van der Waals surface area (Å²) in [5.74, 6) is 0.690. The third kappa shape index (κ3) is 3.15. The van der Waals surface area contributed by atoms with Gasteiger partial charge in [0.25, 0.3) is 0 Å². The van der Waals surface area contributed by atoms with Crippen LogP contribution in [-0.4, -0.2) is 10.9 Å². The number of thioether (sulfide) groups is 1. The first-order chi connectivity index (χ1) is 8.68. The number of hydrogen-bond acceptors (Lipinski definition) is 2. The zero-order valence-electron chi connectivity index (χ0n) is 10.8. The van der Waals surface area contributed by atoms with E-state index in [2.05, 4.69) is 19.1 Å². The van der Waals surface area contributed by atoms with Crippen molar-refractivity contribution in [2.75, 3.05) is 5.75 Å². The molecule has 0 fully saturated rings. The largest absolute Gasteiger partial charge is 0.388 e. The second-order valence-corrected chi connectivity index (χ2v) is 5.51. The first-order valence-electron chi connectivity index (χ1n) is 6.10. The van der Waals surface area contributed by atoms with E-state index in [1.807, 2.05) is 43.3 Å². The highest BCUT2D eigenvalue weighted by atomic mass is 32.2. The molecule has 1 unspecified atom stereocenters. The maximum absolute atomic E-state index is 10.2. The first-order valence-corrected chi connectivity index (χ1v) is 7.09. The minimum absolute atomic E-state index is 0.407. The van der Waals surface area contributed by atoms with Crippen molar-refractivity contribution >= 4 is 11.8 Å². The maximum Gasteiger partial charge on any atom is 0.0886 e. The second kappa shape index (κ2) is 6.07. The van der Waals surface area contributed by atoms with Gasteiger partial charge in [0.2, 0.25) is 0 Å². The Morgan fingerprint density at radius 2 is 1.56 bits per heavy atom. The van der Waals surface area contributed by atoms with Crippen LogP contribution in [0, 0.1) is 13.8 Å². The van der Waals surface area contributed by atoms with Gasteiger partial charge in [-0.3, -0.25) is 0 Å². The molecule has 0 aliphatic rings. The molecule has 0 saturated carbocycles. The Labute approximate surface area is 113 Å². The average molecular weight is 258 g/mol. The van der Waals surface area contributed by atoms with Gasteiger partial charge in [-0.1, -0.05) is 42.5 Å². The molecule has 1 N–H and O–H groups in total. The van der Waals surface area contributed by atoms with Crippen LogP contribution in [0.15, 0.2) is 53.4 Å². The summed E-state index contributed by atoms with van der Waals surface area (Å²) < 4.78 is 0. The average Bonchev–Trinajstić information content (AvgIpc) is 2.38. The number of aryl methyl sites for hydroxylation is 2. The molecule has 0 aliphatic carbocycles. The summed E-state index contributed by atoms with van der Waals surface area (Å²) in [4.78, 5) is 1.24. The fourth-order valence-corrected chi connectivity index (χ4v) is 2.93. The van der Waals surface area contributed by atoms with Crippen LogP contribution in [0.4, 0.5) is 0 Å². The van der Waals surface area contributed by atoms with E-state index in [0.29, 0.717) is 5.75 Å². The molecule has 1 atom stereocenters. The van der Waals surface area contributed by atoms with Gasteiger partial charge in [0.05, 0.1) is 6.10 Å². The molecule has 2 heteroatoms. The molecule has 2 rings (SSSR count). The maximum atomic E-state index is 10.2. The normalized spacial score (nSPS) is 12.4. The molecule has 1 nitrogen and oxygen atoms in total. The van der Waals surface area contributed by atoms with Crippen molar-refractivity contribution in [3.05, 3.63) is 65.2 Å². The molecule has 0 aromatic heterocycles. The lowest BCUT2D eigenvalue weighted by Gasteiger charge is -2.14. The molecular weight excluding hydrogens is 240 g/mol. The van der Waals surface area contributed by atoms with E-state index < -0.39 is 6.10 Å². The molecule has 0 spiro atoms. The van der Waals surface area contributed by atoms with Crippen molar-refractivity contribution < 1.29 is 5.11 Å². The standard InChI is InChI=1S/C16H18OS/c1-12-7-3-5-9-14(12)15(17)11-18-16-10-6-4-8-13(16)2/h3-10,15,17H,11H2,1-2H3. The Morgan fingerprint density at radius 1 is 0.944 bits per heavy atom. The van der Waals surface area contributed by atoms with Crippen molar-refractivity contribution in [1.82, 2.24) is 0 Å². The zero-order valence-corrected chi connectivity index (χ0v) is 11.6. The van der Waals surface area contributed by atoms with Crippen LogP contribution >= 0.6 is 11.8 Å². The van der Waals surface area contributed by atoms with Gasteiger partial charge in [-0.2, -0.15) is 0 Å². The minimum Gasteiger partial charge on any atom is -0.388 e.